The minimum atomic E-state index is -0.0574. The number of carbonyl (C=O) groups excluding carboxylic acids is 1. The minimum Gasteiger partial charge on any atom is -0.348 e. The van der Waals surface area contributed by atoms with Crippen molar-refractivity contribution in [1.29, 1.82) is 0 Å². The van der Waals surface area contributed by atoms with Crippen LogP contribution in [0.25, 0.3) is 0 Å². The molecule has 2 atom stereocenters. The van der Waals surface area contributed by atoms with Gasteiger partial charge < -0.3 is 5.32 Å². The molecule has 2 rings (SSSR count). The molecule has 0 aliphatic heterocycles. The van der Waals surface area contributed by atoms with E-state index in [4.69, 9.17) is 0 Å². The summed E-state index contributed by atoms with van der Waals surface area (Å²) in [5, 5.41) is 3.10. The Balaban J connectivity index is 1.87. The molecule has 0 saturated heterocycles. The molecule has 22 heavy (non-hydrogen) atoms. The quantitative estimate of drug-likeness (QED) is 0.811. The van der Waals surface area contributed by atoms with Gasteiger partial charge in [0, 0.05) is 5.75 Å². The summed E-state index contributed by atoms with van der Waals surface area (Å²) in [5.74, 6) is 0.967. The second-order valence-electron chi connectivity index (χ2n) is 5.32. The lowest BCUT2D eigenvalue weighted by molar-refractivity contribution is -0.121. The third-order valence-electron chi connectivity index (χ3n) is 3.64. The van der Waals surface area contributed by atoms with Crippen LogP contribution in [-0.2, 0) is 10.5 Å². The van der Waals surface area contributed by atoms with Gasteiger partial charge in [0.15, 0.2) is 0 Å². The SMILES string of the molecule is CC[C@@H](NC(=O)[C@@H](C)SCc1ccccc1)c1ccccc1. The monoisotopic (exact) mass is 313 g/mol. The molecule has 2 aromatic rings. The van der Waals surface area contributed by atoms with Crippen LogP contribution in [0.2, 0.25) is 0 Å². The van der Waals surface area contributed by atoms with E-state index < -0.39 is 0 Å². The topological polar surface area (TPSA) is 29.1 Å². The van der Waals surface area contributed by atoms with Gasteiger partial charge in [0.1, 0.15) is 0 Å². The van der Waals surface area contributed by atoms with E-state index in [1.807, 2.05) is 43.3 Å². The second-order valence-corrected chi connectivity index (χ2v) is 6.65. The van der Waals surface area contributed by atoms with Gasteiger partial charge >= 0.3 is 0 Å². The van der Waals surface area contributed by atoms with Gasteiger partial charge in [-0.1, -0.05) is 67.6 Å². The maximum atomic E-state index is 12.4. The number of rotatable bonds is 7. The van der Waals surface area contributed by atoms with Crippen LogP contribution in [0.1, 0.15) is 37.4 Å². The normalized spacial score (nSPS) is 13.4. The van der Waals surface area contributed by atoms with Crippen molar-refractivity contribution in [2.75, 3.05) is 0 Å². The molecule has 2 aromatic carbocycles. The van der Waals surface area contributed by atoms with Crippen molar-refractivity contribution in [3.63, 3.8) is 0 Å². The maximum Gasteiger partial charge on any atom is 0.233 e. The lowest BCUT2D eigenvalue weighted by atomic mass is 10.0. The fourth-order valence-electron chi connectivity index (χ4n) is 2.27. The number of amides is 1. The molecule has 0 fully saturated rings. The number of hydrogen-bond acceptors (Lipinski definition) is 2. The highest BCUT2D eigenvalue weighted by atomic mass is 32.2. The molecule has 1 N–H and O–H groups in total. The molecule has 0 spiro atoms. The summed E-state index contributed by atoms with van der Waals surface area (Å²) >= 11 is 1.67. The smallest absolute Gasteiger partial charge is 0.233 e. The van der Waals surface area contributed by atoms with E-state index in [0.717, 1.165) is 12.2 Å². The molecular formula is C19H23NOS. The van der Waals surface area contributed by atoms with Gasteiger partial charge in [0.05, 0.1) is 11.3 Å². The zero-order valence-electron chi connectivity index (χ0n) is 13.2. The van der Waals surface area contributed by atoms with Crippen LogP contribution >= 0.6 is 11.8 Å². The summed E-state index contributed by atoms with van der Waals surface area (Å²) in [6.45, 7) is 4.07. The van der Waals surface area contributed by atoms with Gasteiger partial charge in [0.25, 0.3) is 0 Å². The highest BCUT2D eigenvalue weighted by molar-refractivity contribution is 7.99. The standard InChI is InChI=1S/C19H23NOS/c1-3-18(17-12-8-5-9-13-17)20-19(21)15(2)22-14-16-10-6-4-7-11-16/h4-13,15,18H,3,14H2,1-2H3,(H,20,21)/t15-,18-/m1/s1. The van der Waals surface area contributed by atoms with E-state index >= 15 is 0 Å². The molecule has 3 heteroatoms. The van der Waals surface area contributed by atoms with Gasteiger partial charge in [-0.25, -0.2) is 0 Å². The summed E-state index contributed by atoms with van der Waals surface area (Å²) in [4.78, 5) is 12.4. The lowest BCUT2D eigenvalue weighted by Crippen LogP contribution is -2.34. The largest absolute Gasteiger partial charge is 0.348 e. The van der Waals surface area contributed by atoms with Crippen molar-refractivity contribution in [3.8, 4) is 0 Å². The molecule has 116 valence electrons. The Labute approximate surface area is 137 Å². The fraction of sp³-hybridized carbons (Fsp3) is 0.316. The molecule has 1 amide bonds. The molecular weight excluding hydrogens is 290 g/mol. The van der Waals surface area contributed by atoms with Gasteiger partial charge in [-0.3, -0.25) is 4.79 Å². The zero-order valence-corrected chi connectivity index (χ0v) is 14.0. The Morgan fingerprint density at radius 2 is 1.64 bits per heavy atom. The second kappa shape index (κ2) is 8.64. The molecule has 0 aliphatic rings. The van der Waals surface area contributed by atoms with Crippen LogP contribution in [-0.4, -0.2) is 11.2 Å². The van der Waals surface area contributed by atoms with Crippen molar-refractivity contribution in [2.24, 2.45) is 0 Å². The summed E-state index contributed by atoms with van der Waals surface area (Å²) in [6, 6.07) is 20.5. The number of nitrogens with one attached hydrogen (secondary N) is 1. The fourth-order valence-corrected chi connectivity index (χ4v) is 3.12. The van der Waals surface area contributed by atoms with E-state index in [1.54, 1.807) is 11.8 Å². The van der Waals surface area contributed by atoms with Crippen molar-refractivity contribution >= 4 is 17.7 Å². The number of benzene rings is 2. The molecule has 0 aromatic heterocycles. The molecule has 0 aliphatic carbocycles. The van der Waals surface area contributed by atoms with Crippen molar-refractivity contribution in [1.82, 2.24) is 5.32 Å². The van der Waals surface area contributed by atoms with Gasteiger partial charge in [-0.15, -0.1) is 11.8 Å². The molecule has 0 unspecified atom stereocenters. The number of carbonyl (C=O) groups is 1. The summed E-state index contributed by atoms with van der Waals surface area (Å²) in [5.41, 5.74) is 2.42. The van der Waals surface area contributed by atoms with Crippen molar-refractivity contribution in [2.45, 2.75) is 37.3 Å². The zero-order chi connectivity index (χ0) is 15.8. The van der Waals surface area contributed by atoms with Crippen LogP contribution in [0.3, 0.4) is 0 Å². The Bertz CT molecular complexity index is 571. The predicted molar refractivity (Wildman–Crippen MR) is 94.8 cm³/mol. The third kappa shape index (κ3) is 4.92. The summed E-state index contributed by atoms with van der Waals surface area (Å²) in [6.07, 6.45) is 0.895. The van der Waals surface area contributed by atoms with Crippen LogP contribution in [0.4, 0.5) is 0 Å². The average Bonchev–Trinajstić information content (AvgIpc) is 2.59. The summed E-state index contributed by atoms with van der Waals surface area (Å²) in [7, 11) is 0. The third-order valence-corrected chi connectivity index (χ3v) is 4.85. The van der Waals surface area contributed by atoms with Crippen LogP contribution < -0.4 is 5.32 Å². The van der Waals surface area contributed by atoms with Gasteiger partial charge in [-0.05, 0) is 24.5 Å². The molecule has 0 radical (unpaired) electrons. The first-order chi connectivity index (χ1) is 10.7. The minimum absolute atomic E-state index is 0.0574. The molecule has 2 nitrogen and oxygen atoms in total. The Hall–Kier alpha value is -1.74. The highest BCUT2D eigenvalue weighted by Crippen LogP contribution is 2.20. The lowest BCUT2D eigenvalue weighted by Gasteiger charge is -2.20. The first-order valence-electron chi connectivity index (χ1n) is 7.71. The van der Waals surface area contributed by atoms with E-state index in [1.165, 1.54) is 11.1 Å². The Kier molecular flexibility index (Phi) is 6.53. The molecule has 0 heterocycles. The van der Waals surface area contributed by atoms with Crippen LogP contribution in [0.5, 0.6) is 0 Å². The van der Waals surface area contributed by atoms with Gasteiger partial charge in [-0.2, -0.15) is 0 Å². The predicted octanol–water partition coefficient (Wildman–Crippen LogP) is 4.58. The first-order valence-corrected chi connectivity index (χ1v) is 8.76. The van der Waals surface area contributed by atoms with Crippen molar-refractivity contribution < 1.29 is 4.79 Å². The van der Waals surface area contributed by atoms with E-state index in [-0.39, 0.29) is 17.2 Å². The molecule has 0 saturated carbocycles. The van der Waals surface area contributed by atoms with Crippen molar-refractivity contribution in [3.05, 3.63) is 71.8 Å². The van der Waals surface area contributed by atoms with E-state index in [0.29, 0.717) is 0 Å². The van der Waals surface area contributed by atoms with Gasteiger partial charge in [0.2, 0.25) is 5.91 Å². The van der Waals surface area contributed by atoms with E-state index in [9.17, 15) is 4.79 Å². The Morgan fingerprint density at radius 3 is 2.23 bits per heavy atom. The van der Waals surface area contributed by atoms with Crippen LogP contribution in [0.15, 0.2) is 60.7 Å². The highest BCUT2D eigenvalue weighted by Gasteiger charge is 2.18. The average molecular weight is 313 g/mol. The Morgan fingerprint density at radius 1 is 1.05 bits per heavy atom. The number of hydrogen-bond donors (Lipinski definition) is 1. The number of thioether (sulfide) groups is 1. The van der Waals surface area contributed by atoms with E-state index in [2.05, 4.69) is 36.5 Å². The first kappa shape index (κ1) is 16.6. The van der Waals surface area contributed by atoms with Crippen LogP contribution in [0, 0.1) is 0 Å². The maximum absolute atomic E-state index is 12.4. The molecule has 0 bridgehead atoms. The summed E-state index contributed by atoms with van der Waals surface area (Å²) < 4.78 is 0.